The number of benzene rings is 1. The summed E-state index contributed by atoms with van der Waals surface area (Å²) in [6, 6.07) is 11.6. The van der Waals surface area contributed by atoms with Crippen LogP contribution in [0.5, 0.6) is 0 Å². The maximum Gasteiger partial charge on any atom is 0.139 e. The highest BCUT2D eigenvalue weighted by atomic mass is 28.3. The minimum absolute atomic E-state index is 0.0939. The van der Waals surface area contributed by atoms with Crippen molar-refractivity contribution >= 4 is 19.5 Å². The van der Waals surface area contributed by atoms with E-state index in [0.29, 0.717) is 6.73 Å². The Balaban J connectivity index is 1.70. The van der Waals surface area contributed by atoms with Gasteiger partial charge in [0, 0.05) is 49.3 Å². The van der Waals surface area contributed by atoms with Gasteiger partial charge >= 0.3 is 0 Å². The van der Waals surface area contributed by atoms with E-state index in [4.69, 9.17) is 9.84 Å². The van der Waals surface area contributed by atoms with Gasteiger partial charge in [0.1, 0.15) is 29.7 Å². The van der Waals surface area contributed by atoms with Gasteiger partial charge in [0.2, 0.25) is 0 Å². The lowest BCUT2D eigenvalue weighted by Crippen LogP contribution is -2.26. The average Bonchev–Trinajstić information content (AvgIpc) is 3.34. The Kier molecular flexibility index (Phi) is 6.64. The van der Waals surface area contributed by atoms with Crippen LogP contribution in [0.1, 0.15) is 20.8 Å². The van der Waals surface area contributed by atoms with Crippen LogP contribution in [0.4, 0.5) is 10.2 Å². The Morgan fingerprint density at radius 1 is 1.00 bits per heavy atom. The third-order valence-electron chi connectivity index (χ3n) is 5.42. The molecule has 1 N–H and O–H groups in total. The number of nitrogens with zero attached hydrogens (tertiary/aromatic N) is 4. The maximum atomic E-state index is 13.6. The third-order valence-corrected chi connectivity index (χ3v) is 7.12. The Morgan fingerprint density at radius 2 is 1.71 bits per heavy atom. The molecular formula is C26H34FN5OSi. The van der Waals surface area contributed by atoms with Crippen molar-refractivity contribution in [3.8, 4) is 22.4 Å². The van der Waals surface area contributed by atoms with Crippen molar-refractivity contribution in [2.24, 2.45) is 0 Å². The van der Waals surface area contributed by atoms with Crippen LogP contribution in [0, 0.1) is 5.82 Å². The summed E-state index contributed by atoms with van der Waals surface area (Å²) in [7, 11) is -1.16. The number of rotatable bonds is 8. The monoisotopic (exact) mass is 479 g/mol. The van der Waals surface area contributed by atoms with Gasteiger partial charge in [0.15, 0.2) is 0 Å². The summed E-state index contributed by atoms with van der Waals surface area (Å²) >= 11 is 0. The van der Waals surface area contributed by atoms with Crippen molar-refractivity contribution in [1.82, 2.24) is 19.2 Å². The zero-order valence-electron chi connectivity index (χ0n) is 20.9. The normalized spacial score (nSPS) is 12.4. The summed E-state index contributed by atoms with van der Waals surface area (Å²) in [5.41, 5.74) is 4.37. The number of ether oxygens (including phenoxy) is 1. The van der Waals surface area contributed by atoms with E-state index in [1.54, 1.807) is 12.1 Å². The van der Waals surface area contributed by atoms with Gasteiger partial charge in [-0.15, -0.1) is 0 Å². The molecule has 0 aliphatic rings. The van der Waals surface area contributed by atoms with E-state index >= 15 is 0 Å². The third kappa shape index (κ3) is 5.93. The van der Waals surface area contributed by atoms with E-state index in [-0.39, 0.29) is 11.4 Å². The second-order valence-corrected chi connectivity index (χ2v) is 16.6. The van der Waals surface area contributed by atoms with E-state index in [1.807, 2.05) is 29.2 Å². The smallest absolute Gasteiger partial charge is 0.139 e. The van der Waals surface area contributed by atoms with Gasteiger partial charge in [-0.05, 0) is 63.2 Å². The first kappa shape index (κ1) is 24.2. The highest BCUT2D eigenvalue weighted by molar-refractivity contribution is 6.76. The van der Waals surface area contributed by atoms with Gasteiger partial charge in [0.05, 0.1) is 6.20 Å². The summed E-state index contributed by atoms with van der Waals surface area (Å²) in [5.74, 6) is 0.659. The summed E-state index contributed by atoms with van der Waals surface area (Å²) in [4.78, 5) is 4.52. The van der Waals surface area contributed by atoms with Crippen LogP contribution in [0.25, 0.3) is 28.0 Å². The largest absolute Gasteiger partial charge is 0.365 e. The van der Waals surface area contributed by atoms with Gasteiger partial charge in [-0.2, -0.15) is 5.10 Å². The second-order valence-electron chi connectivity index (χ2n) is 11.0. The first-order valence-corrected chi connectivity index (χ1v) is 15.4. The van der Waals surface area contributed by atoms with E-state index in [1.165, 1.54) is 12.1 Å². The quantitative estimate of drug-likeness (QED) is 0.231. The minimum atomic E-state index is -1.16. The van der Waals surface area contributed by atoms with E-state index < -0.39 is 8.07 Å². The van der Waals surface area contributed by atoms with Crippen LogP contribution in [0.3, 0.4) is 0 Å². The van der Waals surface area contributed by atoms with E-state index in [9.17, 15) is 4.39 Å². The molecule has 0 saturated carbocycles. The zero-order chi connectivity index (χ0) is 24.5. The SMILES string of the molecule is CC(C)(C)Nc1cnc2ccc(-c3cn(COCC[Si](C)(C)C)nc3-c3ccc(F)cc3)cn12. The number of nitrogens with one attached hydrogen (secondary N) is 1. The Hall–Kier alpha value is -2.97. The van der Waals surface area contributed by atoms with Gasteiger partial charge in [0.25, 0.3) is 0 Å². The van der Waals surface area contributed by atoms with Gasteiger partial charge in [-0.1, -0.05) is 19.6 Å². The van der Waals surface area contributed by atoms with Crippen LogP contribution >= 0.6 is 0 Å². The summed E-state index contributed by atoms with van der Waals surface area (Å²) in [6.45, 7) is 14.5. The fraction of sp³-hybridized carbons (Fsp3) is 0.385. The number of hydrogen-bond donors (Lipinski definition) is 1. The van der Waals surface area contributed by atoms with Crippen LogP contribution in [0.15, 0.2) is 55.0 Å². The lowest BCUT2D eigenvalue weighted by Gasteiger charge is -2.21. The number of anilines is 1. The molecule has 8 heteroatoms. The minimum Gasteiger partial charge on any atom is -0.365 e. The predicted molar refractivity (Wildman–Crippen MR) is 139 cm³/mol. The molecule has 0 saturated heterocycles. The molecule has 0 unspecified atom stereocenters. The number of aromatic nitrogens is 4. The lowest BCUT2D eigenvalue weighted by atomic mass is 10.0. The molecule has 0 aliphatic carbocycles. The summed E-state index contributed by atoms with van der Waals surface area (Å²) in [6.07, 6.45) is 5.92. The van der Waals surface area contributed by atoms with Crippen LogP contribution in [-0.2, 0) is 11.5 Å². The average molecular weight is 480 g/mol. The molecule has 0 bridgehead atoms. The molecule has 180 valence electrons. The van der Waals surface area contributed by atoms with Gasteiger partial charge < -0.3 is 10.1 Å². The van der Waals surface area contributed by atoms with Gasteiger partial charge in [-0.25, -0.2) is 14.1 Å². The molecule has 0 atom stereocenters. The molecule has 0 radical (unpaired) electrons. The molecule has 0 fully saturated rings. The molecule has 4 rings (SSSR count). The number of fused-ring (bicyclic) bond motifs is 1. The van der Waals surface area contributed by atoms with E-state index in [0.717, 1.165) is 46.5 Å². The first-order chi connectivity index (χ1) is 16.0. The molecule has 3 heterocycles. The molecule has 0 spiro atoms. The fourth-order valence-corrected chi connectivity index (χ4v) is 4.43. The number of imidazole rings is 1. The van der Waals surface area contributed by atoms with Crippen LogP contribution in [0.2, 0.25) is 25.7 Å². The Labute approximate surface area is 201 Å². The lowest BCUT2D eigenvalue weighted by molar-refractivity contribution is 0.0788. The van der Waals surface area contributed by atoms with Crippen LogP contribution < -0.4 is 5.32 Å². The Bertz CT molecular complexity index is 1270. The maximum absolute atomic E-state index is 13.6. The highest BCUT2D eigenvalue weighted by Crippen LogP contribution is 2.32. The van der Waals surface area contributed by atoms with Gasteiger partial charge in [-0.3, -0.25) is 4.40 Å². The van der Waals surface area contributed by atoms with Crippen molar-refractivity contribution < 1.29 is 9.13 Å². The van der Waals surface area contributed by atoms with Crippen molar-refractivity contribution in [2.75, 3.05) is 11.9 Å². The molecule has 6 nitrogen and oxygen atoms in total. The van der Waals surface area contributed by atoms with E-state index in [2.05, 4.69) is 61.3 Å². The summed E-state index contributed by atoms with van der Waals surface area (Å²) < 4.78 is 23.4. The Morgan fingerprint density at radius 3 is 2.38 bits per heavy atom. The molecule has 0 amide bonds. The molecule has 34 heavy (non-hydrogen) atoms. The van der Waals surface area contributed by atoms with Crippen molar-refractivity contribution in [3.05, 3.63) is 60.8 Å². The predicted octanol–water partition coefficient (Wildman–Crippen LogP) is 6.53. The fourth-order valence-electron chi connectivity index (χ4n) is 3.67. The molecule has 0 aliphatic heterocycles. The topological polar surface area (TPSA) is 56.4 Å². The highest BCUT2D eigenvalue weighted by Gasteiger charge is 2.17. The molecule has 4 aromatic rings. The second kappa shape index (κ2) is 9.35. The molecule has 1 aromatic carbocycles. The molecular weight excluding hydrogens is 445 g/mol. The number of hydrogen-bond acceptors (Lipinski definition) is 4. The number of halogens is 1. The van der Waals surface area contributed by atoms with Crippen molar-refractivity contribution in [1.29, 1.82) is 0 Å². The van der Waals surface area contributed by atoms with Crippen LogP contribution in [-0.4, -0.2) is 39.4 Å². The first-order valence-electron chi connectivity index (χ1n) is 11.7. The summed E-state index contributed by atoms with van der Waals surface area (Å²) in [5, 5.41) is 8.32. The zero-order valence-corrected chi connectivity index (χ0v) is 21.9. The van der Waals surface area contributed by atoms with Crippen molar-refractivity contribution in [2.45, 2.75) is 58.7 Å². The number of pyridine rings is 1. The standard InChI is InChI=1S/C26H34FN5OSi/c1-26(2,3)29-24-15-28-23-12-9-20(16-32(23)24)22-17-31(18-33-13-14-34(4,5)6)30-25(22)19-7-10-21(27)11-8-19/h7-12,15-17,29H,13-14,18H2,1-6H3. The molecule has 3 aromatic heterocycles. The van der Waals surface area contributed by atoms with Crippen molar-refractivity contribution in [3.63, 3.8) is 0 Å².